The number of allylic oxidation sites excluding steroid dienone is 3. The first-order chi connectivity index (χ1) is 21.5. The molecule has 3 saturated heterocycles. The second kappa shape index (κ2) is 10.7. The van der Waals surface area contributed by atoms with Crippen molar-refractivity contribution >= 4 is 58.2 Å². The molecule has 0 unspecified atom stereocenters. The van der Waals surface area contributed by atoms with Crippen molar-refractivity contribution in [3.8, 4) is 5.75 Å². The Kier molecular flexibility index (Phi) is 7.15. The quantitative estimate of drug-likeness (QED) is 0.295. The first-order valence-corrected chi connectivity index (χ1v) is 15.9. The van der Waals surface area contributed by atoms with Gasteiger partial charge in [0.15, 0.2) is 9.75 Å². The fourth-order valence-electron chi connectivity index (χ4n) is 8.14. The Morgan fingerprint density at radius 1 is 0.978 bits per heavy atom. The van der Waals surface area contributed by atoms with Gasteiger partial charge >= 0.3 is 0 Å². The number of rotatable bonds is 5. The molecule has 0 radical (unpaired) electrons. The molecule has 2 aromatic carbocycles. The van der Waals surface area contributed by atoms with Crippen molar-refractivity contribution in [3.05, 3.63) is 77.9 Å². The van der Waals surface area contributed by atoms with E-state index in [1.165, 1.54) is 11.9 Å². The molecular formula is C34H33Cl2N3O6. The van der Waals surface area contributed by atoms with Gasteiger partial charge in [-0.2, -0.15) is 0 Å². The summed E-state index contributed by atoms with van der Waals surface area (Å²) in [5.74, 6) is -5.27. The van der Waals surface area contributed by atoms with Crippen LogP contribution in [0.5, 0.6) is 5.75 Å². The predicted molar refractivity (Wildman–Crippen MR) is 169 cm³/mol. The van der Waals surface area contributed by atoms with Crippen LogP contribution in [0.25, 0.3) is 0 Å². The number of likely N-dealkylation sites (tertiary alicyclic amines) is 1. The van der Waals surface area contributed by atoms with Crippen LogP contribution in [-0.2, 0) is 30.3 Å². The van der Waals surface area contributed by atoms with Gasteiger partial charge in [-0.05, 0) is 55.0 Å². The number of carbonyl (C=O) groups excluding carboxylic acids is 4. The van der Waals surface area contributed by atoms with Crippen LogP contribution < -0.4 is 9.80 Å². The molecular weight excluding hydrogens is 617 g/mol. The Morgan fingerprint density at radius 3 is 2.36 bits per heavy atom. The van der Waals surface area contributed by atoms with Crippen LogP contribution >= 0.6 is 23.2 Å². The number of fused-ring (bicyclic) bond motifs is 4. The number of benzene rings is 2. The summed E-state index contributed by atoms with van der Waals surface area (Å²) in [6.45, 7) is 6.56. The lowest BCUT2D eigenvalue weighted by molar-refractivity contribution is -0.138. The number of para-hydroxylation sites is 1. The van der Waals surface area contributed by atoms with E-state index in [4.69, 9.17) is 27.9 Å². The van der Waals surface area contributed by atoms with Crippen molar-refractivity contribution in [1.82, 2.24) is 4.90 Å². The Bertz CT molecular complexity index is 1670. The monoisotopic (exact) mass is 649 g/mol. The number of anilines is 2. The van der Waals surface area contributed by atoms with E-state index in [1.54, 1.807) is 36.4 Å². The zero-order valence-corrected chi connectivity index (χ0v) is 26.3. The lowest BCUT2D eigenvalue weighted by Gasteiger charge is -2.50. The van der Waals surface area contributed by atoms with Crippen LogP contribution in [0, 0.1) is 17.8 Å². The van der Waals surface area contributed by atoms with Crippen molar-refractivity contribution in [2.45, 2.75) is 34.9 Å². The summed E-state index contributed by atoms with van der Waals surface area (Å²) in [5.41, 5.74) is 3.00. The third-order valence-electron chi connectivity index (χ3n) is 10.3. The van der Waals surface area contributed by atoms with E-state index in [9.17, 15) is 24.3 Å². The van der Waals surface area contributed by atoms with Gasteiger partial charge in [-0.1, -0.05) is 35.9 Å². The summed E-state index contributed by atoms with van der Waals surface area (Å²) in [6.07, 6.45) is 4.01. The summed E-state index contributed by atoms with van der Waals surface area (Å²) < 4.78 is 5.45. The minimum atomic E-state index is -1.96. The number of hydrogen-bond donors (Lipinski definition) is 1. The van der Waals surface area contributed by atoms with Crippen LogP contribution in [0.2, 0.25) is 0 Å². The molecule has 4 fully saturated rings. The molecule has 9 nitrogen and oxygen atoms in total. The van der Waals surface area contributed by atoms with Crippen LogP contribution in [0.15, 0.2) is 66.8 Å². The number of phenolic OH excluding ortho intramolecular Hbond substituents is 1. The van der Waals surface area contributed by atoms with Gasteiger partial charge in [0.25, 0.3) is 11.8 Å². The first-order valence-electron chi connectivity index (χ1n) is 15.2. The number of phenols is 1. The molecule has 7 rings (SSSR count). The number of nitrogens with zero attached hydrogens (tertiary/aromatic N) is 3. The highest BCUT2D eigenvalue weighted by Crippen LogP contribution is 2.66. The number of carbonyl (C=O) groups is 4. The average molecular weight is 651 g/mol. The molecule has 3 heterocycles. The topological polar surface area (TPSA) is 107 Å². The van der Waals surface area contributed by atoms with Crippen molar-refractivity contribution in [2.75, 3.05) is 43.2 Å². The Hall–Kier alpha value is -3.66. The van der Waals surface area contributed by atoms with Crippen molar-refractivity contribution in [1.29, 1.82) is 0 Å². The smallest absolute Gasteiger partial charge is 0.253 e. The molecule has 1 saturated carbocycles. The van der Waals surface area contributed by atoms with Gasteiger partial charge in [0.2, 0.25) is 11.8 Å². The van der Waals surface area contributed by atoms with Gasteiger partial charge in [-0.3, -0.25) is 29.0 Å². The zero-order valence-electron chi connectivity index (χ0n) is 24.7. The van der Waals surface area contributed by atoms with E-state index in [2.05, 4.69) is 11.5 Å². The first kappa shape index (κ1) is 30.0. The highest BCUT2D eigenvalue weighted by Gasteiger charge is 2.76. The average Bonchev–Trinajstić information content (AvgIpc) is 3.37. The number of aromatic hydroxyl groups is 1. The summed E-state index contributed by atoms with van der Waals surface area (Å²) in [5, 5.41) is 11.5. The van der Waals surface area contributed by atoms with Crippen LogP contribution in [-0.4, -0.2) is 76.7 Å². The highest BCUT2D eigenvalue weighted by molar-refractivity contribution is 6.53. The molecule has 3 aliphatic heterocycles. The molecule has 6 atom stereocenters. The zero-order chi connectivity index (χ0) is 31.8. The molecule has 5 aliphatic rings. The number of imide groups is 2. The fraction of sp³-hybridized carbons (Fsp3) is 0.412. The number of hydrogen-bond acceptors (Lipinski definition) is 7. The molecule has 2 aromatic rings. The summed E-state index contributed by atoms with van der Waals surface area (Å²) in [4.78, 5) is 56.2. The maximum atomic E-state index is 14.3. The van der Waals surface area contributed by atoms with Gasteiger partial charge in [-0.25, -0.2) is 0 Å². The second-order valence-corrected chi connectivity index (χ2v) is 13.7. The predicted octanol–water partition coefficient (Wildman–Crippen LogP) is 4.15. The Balaban J connectivity index is 1.30. The lowest BCUT2D eigenvalue weighted by Crippen LogP contribution is -2.60. The number of halogens is 2. The van der Waals surface area contributed by atoms with Gasteiger partial charge in [0.05, 0.1) is 30.7 Å². The SMILES string of the molecule is C=CCc1cccc([C@H]2C3=CC[C@@H]4C(=O)N(c5ccc(N6CCOCC6)cc5)C(=O)[C@@H]4[C@@H]3C[C@@]3(Cl)C(=O)N(C)C(=O)[C@@]23Cl)c1O. The number of ether oxygens (including phenoxy) is 1. The Labute approximate surface area is 271 Å². The number of amides is 4. The van der Waals surface area contributed by atoms with Gasteiger partial charge in [0.1, 0.15) is 5.75 Å². The maximum Gasteiger partial charge on any atom is 0.253 e. The summed E-state index contributed by atoms with van der Waals surface area (Å²) >= 11 is 14.5. The summed E-state index contributed by atoms with van der Waals surface area (Å²) in [6, 6.07) is 12.5. The van der Waals surface area contributed by atoms with Gasteiger partial charge in [-0.15, -0.1) is 29.8 Å². The normalized spacial score (nSPS) is 32.8. The highest BCUT2D eigenvalue weighted by atomic mass is 35.5. The minimum Gasteiger partial charge on any atom is -0.507 e. The molecule has 4 amide bonds. The third-order valence-corrected chi connectivity index (χ3v) is 11.7. The van der Waals surface area contributed by atoms with Crippen molar-refractivity contribution in [2.24, 2.45) is 17.8 Å². The standard InChI is InChI=1S/C34H33Cl2N3O6/c1-3-5-19-6-4-7-24(28(19)40)27-22-12-13-23-26(25(22)18-33(35)31(43)37(2)32(44)34(27,33)36)30(42)39(29(23)41)21-10-8-20(9-11-21)38-14-16-45-17-15-38/h3-4,6-12,23,25-27,40H,1,5,13-18H2,2H3/t23-,25+,26-,27+,33+,34-/m0/s1. The molecule has 2 aliphatic carbocycles. The van der Waals surface area contributed by atoms with Crippen LogP contribution in [0.3, 0.4) is 0 Å². The summed E-state index contributed by atoms with van der Waals surface area (Å²) in [7, 11) is 1.34. The van der Waals surface area contributed by atoms with Crippen LogP contribution in [0.1, 0.15) is 29.9 Å². The number of alkyl halides is 2. The second-order valence-electron chi connectivity index (χ2n) is 12.5. The van der Waals surface area contributed by atoms with E-state index in [0.29, 0.717) is 42.0 Å². The minimum absolute atomic E-state index is 0.0734. The third kappa shape index (κ3) is 4.09. The molecule has 45 heavy (non-hydrogen) atoms. The van der Waals surface area contributed by atoms with E-state index >= 15 is 0 Å². The van der Waals surface area contributed by atoms with Crippen LogP contribution in [0.4, 0.5) is 11.4 Å². The molecule has 11 heteroatoms. The van der Waals surface area contributed by atoms with Gasteiger partial charge < -0.3 is 14.7 Å². The van der Waals surface area contributed by atoms with E-state index in [-0.39, 0.29) is 30.4 Å². The molecule has 0 bridgehead atoms. The fourth-order valence-corrected chi connectivity index (χ4v) is 9.15. The maximum absolute atomic E-state index is 14.3. The van der Waals surface area contributed by atoms with Crippen molar-refractivity contribution in [3.63, 3.8) is 0 Å². The molecule has 1 N–H and O–H groups in total. The molecule has 234 valence electrons. The Morgan fingerprint density at radius 2 is 1.67 bits per heavy atom. The van der Waals surface area contributed by atoms with E-state index < -0.39 is 45.2 Å². The van der Waals surface area contributed by atoms with E-state index in [0.717, 1.165) is 23.7 Å². The van der Waals surface area contributed by atoms with E-state index in [1.807, 2.05) is 18.2 Å². The van der Waals surface area contributed by atoms with Crippen molar-refractivity contribution < 1.29 is 29.0 Å². The largest absolute Gasteiger partial charge is 0.507 e. The molecule has 0 aromatic heterocycles. The lowest BCUT2D eigenvalue weighted by atomic mass is 9.56. The molecule has 0 spiro atoms. The van der Waals surface area contributed by atoms with Gasteiger partial charge in [0, 0.05) is 37.3 Å². The number of morpholine rings is 1.